The van der Waals surface area contributed by atoms with Crippen molar-refractivity contribution >= 4 is 23.7 Å². The highest BCUT2D eigenvalue weighted by Gasteiger charge is 2.29. The summed E-state index contributed by atoms with van der Waals surface area (Å²) < 4.78 is 9.56. The highest BCUT2D eigenvalue weighted by atomic mass is 16.6. The van der Waals surface area contributed by atoms with E-state index in [1.54, 1.807) is 0 Å². The van der Waals surface area contributed by atoms with Gasteiger partial charge in [-0.2, -0.15) is 0 Å². The average Bonchev–Trinajstić information content (AvgIpc) is 2.82. The average molecular weight is 277 g/mol. The molecule has 1 fully saturated rings. The lowest BCUT2D eigenvalue weighted by molar-refractivity contribution is -0.384. The number of nitro benzene ring substituents is 1. The molecule has 7 heteroatoms. The van der Waals surface area contributed by atoms with Gasteiger partial charge in [0.1, 0.15) is 0 Å². The zero-order chi connectivity index (χ0) is 14.5. The molecule has 1 saturated heterocycles. The normalized spacial score (nSPS) is 18.0. The highest BCUT2D eigenvalue weighted by molar-refractivity contribution is 5.89. The van der Waals surface area contributed by atoms with E-state index in [2.05, 4.69) is 4.74 Å². The molecule has 1 atom stereocenters. The summed E-state index contributed by atoms with van der Waals surface area (Å²) >= 11 is 0. The molecule has 0 bridgehead atoms. The molecule has 1 aliphatic rings. The number of rotatable bonds is 4. The summed E-state index contributed by atoms with van der Waals surface area (Å²) in [5.74, 6) is -1.20. The van der Waals surface area contributed by atoms with Gasteiger partial charge in [0.25, 0.3) is 5.69 Å². The van der Waals surface area contributed by atoms with Crippen LogP contribution in [0.25, 0.3) is 6.08 Å². The third-order valence-corrected chi connectivity index (χ3v) is 2.66. The van der Waals surface area contributed by atoms with Gasteiger partial charge in [-0.05, 0) is 23.8 Å². The van der Waals surface area contributed by atoms with Gasteiger partial charge in [-0.25, -0.2) is 9.59 Å². The molecular formula is C13H11NO6. The van der Waals surface area contributed by atoms with Crippen molar-refractivity contribution in [1.29, 1.82) is 0 Å². The fraction of sp³-hybridized carbons (Fsp3) is 0.231. The molecule has 20 heavy (non-hydrogen) atoms. The molecule has 1 unspecified atom stereocenters. The third-order valence-electron chi connectivity index (χ3n) is 2.66. The summed E-state index contributed by atoms with van der Waals surface area (Å²) in [6, 6.07) is 5.68. The predicted molar refractivity (Wildman–Crippen MR) is 67.6 cm³/mol. The molecule has 1 aromatic rings. The van der Waals surface area contributed by atoms with Crippen LogP contribution in [-0.4, -0.2) is 29.6 Å². The van der Waals surface area contributed by atoms with E-state index < -0.39 is 23.0 Å². The first kappa shape index (κ1) is 13.7. The van der Waals surface area contributed by atoms with E-state index in [0.29, 0.717) is 12.0 Å². The minimum absolute atomic E-state index is 0.0292. The number of benzene rings is 1. The van der Waals surface area contributed by atoms with Crippen molar-refractivity contribution in [3.8, 4) is 0 Å². The third kappa shape index (κ3) is 3.41. The number of hydrogen-bond donors (Lipinski definition) is 0. The monoisotopic (exact) mass is 277 g/mol. The zero-order valence-corrected chi connectivity index (χ0v) is 10.4. The van der Waals surface area contributed by atoms with E-state index in [9.17, 15) is 19.7 Å². The van der Waals surface area contributed by atoms with E-state index >= 15 is 0 Å². The molecule has 1 aliphatic heterocycles. The first-order chi connectivity index (χ1) is 9.56. The molecule has 0 aromatic heterocycles. The number of cyclic esters (lactones) is 1. The van der Waals surface area contributed by atoms with E-state index in [4.69, 9.17) is 4.74 Å². The van der Waals surface area contributed by atoms with Crippen molar-refractivity contribution in [3.63, 3.8) is 0 Å². The van der Waals surface area contributed by atoms with Crippen LogP contribution in [0.1, 0.15) is 12.0 Å². The minimum atomic E-state index is -0.844. The van der Waals surface area contributed by atoms with Crippen molar-refractivity contribution in [2.45, 2.75) is 12.5 Å². The topological polar surface area (TPSA) is 95.7 Å². The molecule has 1 aromatic carbocycles. The second-order valence-corrected chi connectivity index (χ2v) is 4.06. The van der Waals surface area contributed by atoms with Gasteiger partial charge in [0.05, 0.1) is 11.5 Å². The van der Waals surface area contributed by atoms with Gasteiger partial charge in [-0.15, -0.1) is 0 Å². The zero-order valence-electron chi connectivity index (χ0n) is 10.4. The summed E-state index contributed by atoms with van der Waals surface area (Å²) in [7, 11) is 0. The highest BCUT2D eigenvalue weighted by Crippen LogP contribution is 2.14. The maximum absolute atomic E-state index is 11.5. The Morgan fingerprint density at radius 2 is 2.10 bits per heavy atom. The van der Waals surface area contributed by atoms with Crippen molar-refractivity contribution in [2.75, 3.05) is 6.61 Å². The Morgan fingerprint density at radius 3 is 2.65 bits per heavy atom. The number of nitro groups is 1. The van der Waals surface area contributed by atoms with Crippen LogP contribution < -0.4 is 0 Å². The number of nitrogens with zero attached hydrogens (tertiary/aromatic N) is 1. The minimum Gasteiger partial charge on any atom is -0.463 e. The lowest BCUT2D eigenvalue weighted by atomic mass is 10.2. The molecule has 104 valence electrons. The first-order valence-electron chi connectivity index (χ1n) is 5.86. The van der Waals surface area contributed by atoms with Crippen molar-refractivity contribution < 1.29 is 24.0 Å². The largest absolute Gasteiger partial charge is 0.463 e. The predicted octanol–water partition coefficient (Wildman–Crippen LogP) is 1.47. The number of hydrogen-bond acceptors (Lipinski definition) is 6. The number of carbonyl (C=O) groups excluding carboxylic acids is 2. The van der Waals surface area contributed by atoms with Crippen LogP contribution in [0.15, 0.2) is 30.3 Å². The Morgan fingerprint density at radius 1 is 1.40 bits per heavy atom. The quantitative estimate of drug-likeness (QED) is 0.358. The van der Waals surface area contributed by atoms with Crippen LogP contribution in [0.3, 0.4) is 0 Å². The maximum atomic E-state index is 11.5. The molecule has 0 N–H and O–H groups in total. The number of esters is 2. The second kappa shape index (κ2) is 5.96. The van der Waals surface area contributed by atoms with Gasteiger partial charge in [-0.3, -0.25) is 10.1 Å². The molecule has 0 amide bonds. The van der Waals surface area contributed by atoms with Gasteiger partial charge in [-0.1, -0.05) is 0 Å². The van der Waals surface area contributed by atoms with Crippen LogP contribution in [0.5, 0.6) is 0 Å². The van der Waals surface area contributed by atoms with Crippen LogP contribution in [0.4, 0.5) is 5.69 Å². The number of non-ortho nitro benzene ring substituents is 1. The Balaban J connectivity index is 1.93. The second-order valence-electron chi connectivity index (χ2n) is 4.06. The summed E-state index contributed by atoms with van der Waals surface area (Å²) in [4.78, 5) is 32.5. The van der Waals surface area contributed by atoms with Gasteiger partial charge >= 0.3 is 11.9 Å². The standard InChI is InChI=1S/C13H11NO6/c15-12(20-11-7-8-19-13(11)16)6-3-9-1-4-10(5-2-9)14(17)18/h1-6,11H,7-8H2/b6-3+. The summed E-state index contributed by atoms with van der Waals surface area (Å²) in [5, 5.41) is 10.5. The van der Waals surface area contributed by atoms with Crippen LogP contribution in [0, 0.1) is 10.1 Å². The smallest absolute Gasteiger partial charge is 0.347 e. The van der Waals surface area contributed by atoms with Crippen molar-refractivity contribution in [3.05, 3.63) is 46.0 Å². The molecule has 0 saturated carbocycles. The van der Waals surface area contributed by atoms with Crippen molar-refractivity contribution in [2.24, 2.45) is 0 Å². The van der Waals surface area contributed by atoms with E-state index in [1.165, 1.54) is 30.3 Å². The number of carbonyl (C=O) groups is 2. The van der Waals surface area contributed by atoms with Crippen LogP contribution in [-0.2, 0) is 19.1 Å². The SMILES string of the molecule is O=C(/C=C/c1ccc([N+](=O)[O-])cc1)OC1CCOC1=O. The van der Waals surface area contributed by atoms with Gasteiger partial charge in [0.15, 0.2) is 0 Å². The molecule has 1 heterocycles. The van der Waals surface area contributed by atoms with Crippen LogP contribution >= 0.6 is 0 Å². The first-order valence-corrected chi connectivity index (χ1v) is 5.86. The maximum Gasteiger partial charge on any atom is 0.347 e. The molecular weight excluding hydrogens is 266 g/mol. The van der Waals surface area contributed by atoms with E-state index in [1.807, 2.05) is 0 Å². The van der Waals surface area contributed by atoms with Crippen molar-refractivity contribution in [1.82, 2.24) is 0 Å². The van der Waals surface area contributed by atoms with Gasteiger partial charge in [0, 0.05) is 24.6 Å². The van der Waals surface area contributed by atoms with Crippen LogP contribution in [0.2, 0.25) is 0 Å². The molecule has 7 nitrogen and oxygen atoms in total. The van der Waals surface area contributed by atoms with E-state index in [-0.39, 0.29) is 12.3 Å². The van der Waals surface area contributed by atoms with Gasteiger partial charge < -0.3 is 9.47 Å². The Labute approximate surface area is 113 Å². The fourth-order valence-electron chi connectivity index (χ4n) is 1.64. The number of ether oxygens (including phenoxy) is 2. The van der Waals surface area contributed by atoms with Gasteiger partial charge in [0.2, 0.25) is 6.10 Å². The summed E-state index contributed by atoms with van der Waals surface area (Å²) in [6.45, 7) is 0.253. The molecule has 0 spiro atoms. The fourth-order valence-corrected chi connectivity index (χ4v) is 1.64. The Kier molecular flexibility index (Phi) is 4.09. The lowest BCUT2D eigenvalue weighted by Gasteiger charge is -2.04. The summed E-state index contributed by atoms with van der Waals surface area (Å²) in [5.41, 5.74) is 0.583. The lowest BCUT2D eigenvalue weighted by Crippen LogP contribution is -2.21. The summed E-state index contributed by atoms with van der Waals surface area (Å²) in [6.07, 6.45) is 2.12. The molecule has 0 aliphatic carbocycles. The molecule has 2 rings (SSSR count). The Bertz CT molecular complexity index is 563. The molecule has 0 radical (unpaired) electrons. The Hall–Kier alpha value is -2.70. The van der Waals surface area contributed by atoms with E-state index in [0.717, 1.165) is 6.08 Å².